The van der Waals surface area contributed by atoms with E-state index in [1.807, 2.05) is 24.3 Å². The van der Waals surface area contributed by atoms with Crippen molar-refractivity contribution in [3.05, 3.63) is 60.9 Å². The number of hydrogen-bond donors (Lipinski definition) is 2. The second-order valence-electron chi connectivity index (χ2n) is 5.11. The molecule has 4 aromatic rings. The third-order valence-electron chi connectivity index (χ3n) is 3.52. The van der Waals surface area contributed by atoms with Gasteiger partial charge in [0.25, 0.3) is 0 Å². The standard InChI is InChI=1S/C16H14N8/c17-15-14(16-19-6-3-7-24(16)23-15)12-8-13(22-10-21-12)20-9-11-4-1-2-5-18-11/h1-8,10H,9H2,(H2,17,23)(H,20,21,22). The zero-order valence-corrected chi connectivity index (χ0v) is 12.7. The summed E-state index contributed by atoms with van der Waals surface area (Å²) in [5.74, 6) is 1.06. The third-order valence-corrected chi connectivity index (χ3v) is 3.52. The molecule has 0 atom stereocenters. The largest absolute Gasteiger partial charge is 0.382 e. The van der Waals surface area contributed by atoms with Crippen LogP contribution in [0.3, 0.4) is 0 Å². The number of fused-ring (bicyclic) bond motifs is 1. The average molecular weight is 318 g/mol. The van der Waals surface area contributed by atoms with Crippen molar-refractivity contribution in [2.75, 3.05) is 11.1 Å². The summed E-state index contributed by atoms with van der Waals surface area (Å²) in [6.07, 6.45) is 6.74. The van der Waals surface area contributed by atoms with Gasteiger partial charge in [-0.1, -0.05) is 6.07 Å². The number of anilines is 2. The van der Waals surface area contributed by atoms with Crippen molar-refractivity contribution in [2.45, 2.75) is 6.54 Å². The Labute approximate surface area is 137 Å². The van der Waals surface area contributed by atoms with Crippen LogP contribution in [0.2, 0.25) is 0 Å². The van der Waals surface area contributed by atoms with Gasteiger partial charge in [-0.05, 0) is 18.2 Å². The lowest BCUT2D eigenvalue weighted by molar-refractivity contribution is 0.945. The van der Waals surface area contributed by atoms with Crippen molar-refractivity contribution in [1.29, 1.82) is 0 Å². The van der Waals surface area contributed by atoms with Gasteiger partial charge in [-0.2, -0.15) is 0 Å². The minimum Gasteiger partial charge on any atom is -0.382 e. The second-order valence-corrected chi connectivity index (χ2v) is 5.11. The Morgan fingerprint density at radius 1 is 1.04 bits per heavy atom. The SMILES string of the molecule is Nc1nn2cccnc2c1-c1cc(NCc2ccccn2)ncn1. The van der Waals surface area contributed by atoms with Gasteiger partial charge in [0, 0.05) is 24.7 Å². The van der Waals surface area contributed by atoms with E-state index in [0.717, 1.165) is 5.69 Å². The van der Waals surface area contributed by atoms with Crippen molar-refractivity contribution in [3.63, 3.8) is 0 Å². The lowest BCUT2D eigenvalue weighted by atomic mass is 10.2. The summed E-state index contributed by atoms with van der Waals surface area (Å²) in [5, 5.41) is 7.48. The first kappa shape index (κ1) is 14.1. The summed E-state index contributed by atoms with van der Waals surface area (Å²) < 4.78 is 1.63. The van der Waals surface area contributed by atoms with Crippen LogP contribution in [0.25, 0.3) is 16.9 Å². The summed E-state index contributed by atoms with van der Waals surface area (Å²) in [5.41, 5.74) is 8.98. The normalized spacial score (nSPS) is 10.8. The number of pyridine rings is 1. The van der Waals surface area contributed by atoms with Gasteiger partial charge in [-0.25, -0.2) is 19.5 Å². The molecule has 24 heavy (non-hydrogen) atoms. The van der Waals surface area contributed by atoms with Gasteiger partial charge in [-0.3, -0.25) is 4.98 Å². The van der Waals surface area contributed by atoms with Crippen LogP contribution in [0.1, 0.15) is 5.69 Å². The fourth-order valence-electron chi connectivity index (χ4n) is 2.42. The average Bonchev–Trinajstić information content (AvgIpc) is 2.97. The molecule has 0 unspecified atom stereocenters. The minimum absolute atomic E-state index is 0.378. The number of rotatable bonds is 4. The highest BCUT2D eigenvalue weighted by molar-refractivity contribution is 5.84. The van der Waals surface area contributed by atoms with Gasteiger partial charge in [0.15, 0.2) is 11.5 Å². The number of aromatic nitrogens is 6. The van der Waals surface area contributed by atoms with Crippen LogP contribution < -0.4 is 11.1 Å². The predicted octanol–water partition coefficient (Wildman–Crippen LogP) is 1.78. The molecule has 0 aliphatic rings. The van der Waals surface area contributed by atoms with E-state index in [0.29, 0.717) is 35.1 Å². The Balaban J connectivity index is 1.66. The number of nitrogen functional groups attached to an aromatic ring is 1. The first-order chi connectivity index (χ1) is 11.8. The topological polar surface area (TPSA) is 107 Å². The van der Waals surface area contributed by atoms with Crippen LogP contribution >= 0.6 is 0 Å². The maximum atomic E-state index is 6.04. The van der Waals surface area contributed by atoms with Crippen LogP contribution in [-0.4, -0.2) is 29.5 Å². The van der Waals surface area contributed by atoms with E-state index >= 15 is 0 Å². The molecular formula is C16H14N8. The van der Waals surface area contributed by atoms with Gasteiger partial charge < -0.3 is 11.1 Å². The van der Waals surface area contributed by atoms with E-state index < -0.39 is 0 Å². The Hall–Kier alpha value is -3.55. The van der Waals surface area contributed by atoms with E-state index in [1.165, 1.54) is 6.33 Å². The summed E-state index contributed by atoms with van der Waals surface area (Å²) in [4.78, 5) is 17.1. The van der Waals surface area contributed by atoms with Crippen LogP contribution in [0.4, 0.5) is 11.6 Å². The number of hydrogen-bond acceptors (Lipinski definition) is 7. The maximum absolute atomic E-state index is 6.04. The first-order valence-corrected chi connectivity index (χ1v) is 7.36. The van der Waals surface area contributed by atoms with Gasteiger partial charge in [0.05, 0.1) is 23.5 Å². The van der Waals surface area contributed by atoms with E-state index in [4.69, 9.17) is 5.73 Å². The molecule has 3 N–H and O–H groups in total. The van der Waals surface area contributed by atoms with Gasteiger partial charge >= 0.3 is 0 Å². The number of nitrogens with one attached hydrogen (secondary N) is 1. The number of nitrogens with zero attached hydrogens (tertiary/aromatic N) is 6. The van der Waals surface area contributed by atoms with Gasteiger partial charge in [0.2, 0.25) is 0 Å². The van der Waals surface area contributed by atoms with Crippen LogP contribution in [-0.2, 0) is 6.54 Å². The fourth-order valence-corrected chi connectivity index (χ4v) is 2.42. The molecule has 0 fully saturated rings. The third kappa shape index (κ3) is 2.60. The van der Waals surface area contributed by atoms with E-state index in [1.54, 1.807) is 29.2 Å². The molecule has 0 amide bonds. The molecule has 0 spiro atoms. The van der Waals surface area contributed by atoms with Crippen LogP contribution in [0, 0.1) is 0 Å². The van der Waals surface area contributed by atoms with Crippen molar-refractivity contribution in [3.8, 4) is 11.3 Å². The lowest BCUT2D eigenvalue weighted by Crippen LogP contribution is -2.03. The maximum Gasteiger partial charge on any atom is 0.166 e. The highest BCUT2D eigenvalue weighted by Crippen LogP contribution is 2.28. The molecule has 118 valence electrons. The molecule has 4 rings (SSSR count). The summed E-state index contributed by atoms with van der Waals surface area (Å²) >= 11 is 0. The molecule has 8 heteroatoms. The minimum atomic E-state index is 0.378. The zero-order valence-electron chi connectivity index (χ0n) is 12.7. The van der Waals surface area contributed by atoms with Gasteiger partial charge in [0.1, 0.15) is 12.1 Å². The van der Waals surface area contributed by atoms with Gasteiger partial charge in [-0.15, -0.1) is 5.10 Å². The molecule has 0 bridgehead atoms. The zero-order chi connectivity index (χ0) is 16.4. The summed E-state index contributed by atoms with van der Waals surface area (Å²) in [6.45, 7) is 0.569. The lowest BCUT2D eigenvalue weighted by Gasteiger charge is -2.06. The van der Waals surface area contributed by atoms with E-state index in [9.17, 15) is 0 Å². The Kier molecular flexibility index (Phi) is 3.47. The van der Waals surface area contributed by atoms with E-state index in [-0.39, 0.29) is 0 Å². The van der Waals surface area contributed by atoms with E-state index in [2.05, 4.69) is 30.4 Å². The van der Waals surface area contributed by atoms with Crippen molar-refractivity contribution < 1.29 is 0 Å². The smallest absolute Gasteiger partial charge is 0.166 e. The summed E-state index contributed by atoms with van der Waals surface area (Å²) in [6, 6.07) is 9.39. The molecule has 0 aliphatic carbocycles. The Morgan fingerprint density at radius 3 is 2.83 bits per heavy atom. The van der Waals surface area contributed by atoms with Crippen molar-refractivity contribution in [2.24, 2.45) is 0 Å². The van der Waals surface area contributed by atoms with Crippen molar-refractivity contribution >= 4 is 17.3 Å². The van der Waals surface area contributed by atoms with Crippen LogP contribution in [0.15, 0.2) is 55.2 Å². The van der Waals surface area contributed by atoms with Crippen molar-refractivity contribution in [1.82, 2.24) is 29.5 Å². The molecule has 0 saturated heterocycles. The molecule has 4 aromatic heterocycles. The number of nitrogens with two attached hydrogens (primary N) is 1. The monoisotopic (exact) mass is 318 g/mol. The van der Waals surface area contributed by atoms with Crippen LogP contribution in [0.5, 0.6) is 0 Å². The molecule has 4 heterocycles. The predicted molar refractivity (Wildman–Crippen MR) is 90.0 cm³/mol. The fraction of sp³-hybridized carbons (Fsp3) is 0.0625. The highest BCUT2D eigenvalue weighted by atomic mass is 15.3. The molecule has 0 radical (unpaired) electrons. The summed E-state index contributed by atoms with van der Waals surface area (Å²) in [7, 11) is 0. The molecule has 0 aromatic carbocycles. The molecule has 0 aliphatic heterocycles. The molecule has 8 nitrogen and oxygen atoms in total. The molecular weight excluding hydrogens is 304 g/mol. The Morgan fingerprint density at radius 2 is 1.96 bits per heavy atom. The quantitative estimate of drug-likeness (QED) is 0.590. The Bertz CT molecular complexity index is 980. The highest BCUT2D eigenvalue weighted by Gasteiger charge is 2.15. The molecule has 0 saturated carbocycles. The first-order valence-electron chi connectivity index (χ1n) is 7.36. The second kappa shape index (κ2) is 5.92.